The number of rotatable bonds is 13. The van der Waals surface area contributed by atoms with Crippen molar-refractivity contribution in [1.82, 2.24) is 0 Å². The molecule has 0 rings (SSSR count). The quantitative estimate of drug-likeness (QED) is 0.430. The van der Waals surface area contributed by atoms with Crippen molar-refractivity contribution in [3.63, 3.8) is 0 Å². The minimum Gasteiger partial charge on any atom is -0.481 e. The second-order valence-electron chi connectivity index (χ2n) is 4.32. The summed E-state index contributed by atoms with van der Waals surface area (Å²) in [4.78, 5) is 23.8. The summed E-state index contributed by atoms with van der Waals surface area (Å²) in [6, 6.07) is 0. The first-order chi connectivity index (χ1) is 11.1. The minimum absolute atomic E-state index is 0.0829. The van der Waals surface area contributed by atoms with Crippen LogP contribution in [0.25, 0.3) is 0 Å². The molecule has 0 fully saturated rings. The van der Waals surface area contributed by atoms with Crippen molar-refractivity contribution in [2.24, 2.45) is 0 Å². The Morgan fingerprint density at radius 2 is 0.958 bits per heavy atom. The zero-order chi connectivity index (χ0) is 19.0. The summed E-state index contributed by atoms with van der Waals surface area (Å²) < 4.78 is 21.6. The highest BCUT2D eigenvalue weighted by molar-refractivity contribution is 8.13. The Morgan fingerprint density at radius 1 is 0.750 bits per heavy atom. The third-order valence-corrected chi connectivity index (χ3v) is 10.5. The number of hydrogen-bond donors (Lipinski definition) is 2. The molecule has 0 saturated heterocycles. The molecule has 142 valence electrons. The van der Waals surface area contributed by atoms with Crippen molar-refractivity contribution in [3.8, 4) is 0 Å². The van der Waals surface area contributed by atoms with E-state index in [1.165, 1.54) is 0 Å². The van der Waals surface area contributed by atoms with Gasteiger partial charge in [0.15, 0.2) is 11.3 Å². The van der Waals surface area contributed by atoms with Gasteiger partial charge >= 0.3 is 11.9 Å². The summed E-state index contributed by atoms with van der Waals surface area (Å²) in [5.74, 6) is -2.91. The van der Waals surface area contributed by atoms with Crippen LogP contribution in [-0.2, 0) is 51.3 Å². The second kappa shape index (κ2) is 10.9. The van der Waals surface area contributed by atoms with Crippen LogP contribution in [0.4, 0.5) is 0 Å². The standard InChI is InChI=1S/C12H24O8P2S2/c1-5-17-21(23,18-6-2)9(11(13)14)10(12(15)16)22(24,19-7-3)20-8-4/h9-10H,5-8H2,1-4H3,(H,13,14)(H,15,16). The van der Waals surface area contributed by atoms with E-state index < -0.39 is 36.2 Å². The predicted octanol–water partition coefficient (Wildman–Crippen LogP) is 2.66. The molecule has 8 nitrogen and oxygen atoms in total. The molecule has 0 aliphatic heterocycles. The maximum absolute atomic E-state index is 11.9. The Kier molecular flexibility index (Phi) is 11.0. The molecule has 0 aromatic carbocycles. The molecule has 0 radical (unpaired) electrons. The maximum atomic E-state index is 11.9. The van der Waals surface area contributed by atoms with E-state index in [0.29, 0.717) is 0 Å². The van der Waals surface area contributed by atoms with Crippen LogP contribution >= 0.6 is 13.0 Å². The summed E-state index contributed by atoms with van der Waals surface area (Å²) in [5, 5.41) is 19.4. The highest BCUT2D eigenvalue weighted by Crippen LogP contribution is 2.64. The summed E-state index contributed by atoms with van der Waals surface area (Å²) >= 11 is 10.6. The number of carboxylic acids is 2. The first-order valence-corrected chi connectivity index (χ1v) is 12.8. The molecule has 0 aliphatic rings. The van der Waals surface area contributed by atoms with E-state index in [2.05, 4.69) is 0 Å². The Labute approximate surface area is 152 Å². The lowest BCUT2D eigenvalue weighted by Gasteiger charge is -2.35. The lowest BCUT2D eigenvalue weighted by molar-refractivity contribution is -0.143. The third-order valence-electron chi connectivity index (χ3n) is 2.72. The Balaban J connectivity index is 6.27. The van der Waals surface area contributed by atoms with E-state index in [-0.39, 0.29) is 26.4 Å². The summed E-state index contributed by atoms with van der Waals surface area (Å²) in [5.41, 5.74) is -3.34. The van der Waals surface area contributed by atoms with E-state index in [1.807, 2.05) is 0 Å². The van der Waals surface area contributed by atoms with Gasteiger partial charge in [0.2, 0.25) is 13.0 Å². The summed E-state index contributed by atoms with van der Waals surface area (Å²) in [6.07, 6.45) is 0. The van der Waals surface area contributed by atoms with Crippen LogP contribution in [-0.4, -0.2) is 59.9 Å². The molecule has 2 atom stereocenters. The molecule has 0 spiro atoms. The molecule has 0 amide bonds. The largest absolute Gasteiger partial charge is 0.481 e. The van der Waals surface area contributed by atoms with Gasteiger partial charge in [-0.2, -0.15) is 0 Å². The fraction of sp³-hybridized carbons (Fsp3) is 0.833. The average Bonchev–Trinajstić information content (AvgIpc) is 2.44. The topological polar surface area (TPSA) is 112 Å². The number of carbonyl (C=O) groups is 2. The van der Waals surface area contributed by atoms with Gasteiger partial charge in [0.05, 0.1) is 26.4 Å². The van der Waals surface area contributed by atoms with Gasteiger partial charge < -0.3 is 28.3 Å². The first-order valence-electron chi connectivity index (χ1n) is 7.36. The molecule has 0 saturated carbocycles. The monoisotopic (exact) mass is 422 g/mol. The number of hydrogen-bond acceptors (Lipinski definition) is 8. The lowest BCUT2D eigenvalue weighted by Crippen LogP contribution is -2.41. The number of aliphatic carboxylic acids is 2. The molecule has 2 unspecified atom stereocenters. The highest BCUT2D eigenvalue weighted by Gasteiger charge is 2.53. The van der Waals surface area contributed by atoms with Crippen molar-refractivity contribution in [1.29, 1.82) is 0 Å². The van der Waals surface area contributed by atoms with Crippen LogP contribution in [0.3, 0.4) is 0 Å². The van der Waals surface area contributed by atoms with Crippen LogP contribution in [0.5, 0.6) is 0 Å². The molecule has 12 heteroatoms. The molecule has 0 aromatic rings. The Hall–Kier alpha value is 0.0800. The van der Waals surface area contributed by atoms with Crippen molar-refractivity contribution in [3.05, 3.63) is 0 Å². The molecular formula is C12H24O8P2S2. The SMILES string of the molecule is CCOP(=S)(OCC)C(C(=O)O)C(C(=O)O)P(=S)(OCC)OCC. The normalized spacial score (nSPS) is 15.0. The zero-order valence-corrected chi connectivity index (χ0v) is 17.5. The van der Waals surface area contributed by atoms with Crippen LogP contribution in [0, 0.1) is 0 Å². The van der Waals surface area contributed by atoms with Crippen LogP contribution in [0.1, 0.15) is 27.7 Å². The van der Waals surface area contributed by atoms with E-state index in [1.54, 1.807) is 27.7 Å². The number of carboxylic acid groups (broad SMARTS) is 2. The predicted molar refractivity (Wildman–Crippen MR) is 97.9 cm³/mol. The first kappa shape index (κ1) is 24.1. The van der Waals surface area contributed by atoms with Gasteiger partial charge in [-0.1, -0.05) is 0 Å². The lowest BCUT2D eigenvalue weighted by atomic mass is 10.3. The van der Waals surface area contributed by atoms with Crippen LogP contribution in [0.15, 0.2) is 0 Å². The van der Waals surface area contributed by atoms with Gasteiger partial charge in [0, 0.05) is 0 Å². The molecule has 0 bridgehead atoms. The molecule has 0 aliphatic carbocycles. The fourth-order valence-corrected chi connectivity index (χ4v) is 9.85. The van der Waals surface area contributed by atoms with E-state index in [0.717, 1.165) is 0 Å². The van der Waals surface area contributed by atoms with Gasteiger partial charge in [0.25, 0.3) is 0 Å². The van der Waals surface area contributed by atoms with Crippen molar-refractivity contribution in [2.45, 2.75) is 39.0 Å². The smallest absolute Gasteiger partial charge is 0.317 e. The molecule has 24 heavy (non-hydrogen) atoms. The molecular weight excluding hydrogens is 398 g/mol. The average molecular weight is 422 g/mol. The molecule has 2 N–H and O–H groups in total. The summed E-state index contributed by atoms with van der Waals surface area (Å²) in [7, 11) is 0. The van der Waals surface area contributed by atoms with Gasteiger partial charge in [-0.05, 0) is 51.3 Å². The second-order valence-corrected chi connectivity index (χ2v) is 11.7. The van der Waals surface area contributed by atoms with Gasteiger partial charge in [-0.25, -0.2) is 0 Å². The Morgan fingerprint density at radius 3 is 1.08 bits per heavy atom. The van der Waals surface area contributed by atoms with E-state index in [9.17, 15) is 19.8 Å². The highest BCUT2D eigenvalue weighted by atomic mass is 32.5. The van der Waals surface area contributed by atoms with Crippen molar-refractivity contribution < 1.29 is 37.9 Å². The van der Waals surface area contributed by atoms with Gasteiger partial charge in [-0.3, -0.25) is 9.59 Å². The van der Waals surface area contributed by atoms with Gasteiger partial charge in [-0.15, -0.1) is 0 Å². The maximum Gasteiger partial charge on any atom is 0.317 e. The zero-order valence-electron chi connectivity index (χ0n) is 14.0. The van der Waals surface area contributed by atoms with E-state index in [4.69, 9.17) is 41.7 Å². The molecule has 0 aromatic heterocycles. The van der Waals surface area contributed by atoms with E-state index >= 15 is 0 Å². The fourth-order valence-electron chi connectivity index (χ4n) is 2.00. The van der Waals surface area contributed by atoms with Crippen molar-refractivity contribution in [2.75, 3.05) is 26.4 Å². The van der Waals surface area contributed by atoms with Crippen LogP contribution in [0.2, 0.25) is 0 Å². The third kappa shape index (κ3) is 6.11. The summed E-state index contributed by atoms with van der Waals surface area (Å²) in [6.45, 7) is -0.155. The van der Waals surface area contributed by atoms with Crippen molar-refractivity contribution >= 4 is 48.5 Å². The molecule has 0 heterocycles. The van der Waals surface area contributed by atoms with Crippen LogP contribution < -0.4 is 0 Å². The minimum atomic E-state index is -3.49. The van der Waals surface area contributed by atoms with Gasteiger partial charge in [0.1, 0.15) is 0 Å². The Bertz CT molecular complexity index is 461.